The van der Waals surface area contributed by atoms with E-state index in [0.29, 0.717) is 25.9 Å². The lowest BCUT2D eigenvalue weighted by atomic mass is 10.0. The minimum atomic E-state index is -0.618. The van der Waals surface area contributed by atoms with Crippen molar-refractivity contribution in [2.24, 2.45) is 0 Å². The van der Waals surface area contributed by atoms with Crippen molar-refractivity contribution in [2.75, 3.05) is 7.11 Å². The van der Waals surface area contributed by atoms with Crippen molar-refractivity contribution in [1.29, 1.82) is 0 Å². The van der Waals surface area contributed by atoms with Crippen LogP contribution < -0.4 is 10.1 Å². The minimum absolute atomic E-state index is 0.0581. The molecule has 5 heteroatoms. The van der Waals surface area contributed by atoms with E-state index in [9.17, 15) is 9.59 Å². The molecule has 0 aliphatic rings. The number of nitrogens with one attached hydrogen (secondary N) is 1. The lowest BCUT2D eigenvalue weighted by molar-refractivity contribution is -0.141. The zero-order valence-electron chi connectivity index (χ0n) is 19.6. The highest BCUT2D eigenvalue weighted by molar-refractivity contribution is 5.88. The summed E-state index contributed by atoms with van der Waals surface area (Å²) in [6, 6.07) is 24.9. The van der Waals surface area contributed by atoms with Crippen molar-refractivity contribution in [2.45, 2.75) is 45.8 Å². The summed E-state index contributed by atoms with van der Waals surface area (Å²) >= 11 is 0. The van der Waals surface area contributed by atoms with Crippen LogP contribution in [0, 0.1) is 6.92 Å². The number of rotatable bonds is 10. The minimum Gasteiger partial charge on any atom is -0.497 e. The summed E-state index contributed by atoms with van der Waals surface area (Å²) in [6.07, 6.45) is 0.773. The van der Waals surface area contributed by atoms with Crippen molar-refractivity contribution >= 4 is 11.8 Å². The van der Waals surface area contributed by atoms with Gasteiger partial charge < -0.3 is 15.0 Å². The molecule has 0 bridgehead atoms. The fourth-order valence-electron chi connectivity index (χ4n) is 3.70. The maximum atomic E-state index is 13.4. The van der Waals surface area contributed by atoms with Crippen LogP contribution in [0.15, 0.2) is 78.9 Å². The third kappa shape index (κ3) is 6.94. The van der Waals surface area contributed by atoms with Crippen molar-refractivity contribution < 1.29 is 14.3 Å². The van der Waals surface area contributed by atoms with E-state index < -0.39 is 6.04 Å². The molecule has 1 N–H and O–H groups in total. The van der Waals surface area contributed by atoms with Crippen molar-refractivity contribution in [3.05, 3.63) is 101 Å². The predicted molar refractivity (Wildman–Crippen MR) is 131 cm³/mol. The van der Waals surface area contributed by atoms with Gasteiger partial charge in [0.2, 0.25) is 11.8 Å². The number of benzene rings is 3. The average Bonchev–Trinajstić information content (AvgIpc) is 2.86. The molecule has 3 aromatic rings. The number of carbonyl (C=O) groups is 2. The molecule has 0 fully saturated rings. The van der Waals surface area contributed by atoms with Gasteiger partial charge in [-0.3, -0.25) is 9.59 Å². The summed E-state index contributed by atoms with van der Waals surface area (Å²) in [5.74, 6) is 0.538. The van der Waals surface area contributed by atoms with Gasteiger partial charge in [0.05, 0.1) is 7.11 Å². The van der Waals surface area contributed by atoms with Gasteiger partial charge >= 0.3 is 0 Å². The van der Waals surface area contributed by atoms with Crippen LogP contribution in [0.2, 0.25) is 0 Å². The van der Waals surface area contributed by atoms with E-state index in [4.69, 9.17) is 4.74 Å². The summed E-state index contributed by atoms with van der Waals surface area (Å²) in [4.78, 5) is 28.1. The monoisotopic (exact) mass is 444 g/mol. The maximum absolute atomic E-state index is 13.4. The Bertz CT molecular complexity index is 1030. The van der Waals surface area contributed by atoms with Crippen LogP contribution in [0.1, 0.15) is 35.6 Å². The highest BCUT2D eigenvalue weighted by Crippen LogP contribution is 2.18. The second-order valence-electron chi connectivity index (χ2n) is 8.13. The van der Waals surface area contributed by atoms with E-state index in [1.807, 2.05) is 92.7 Å². The van der Waals surface area contributed by atoms with E-state index in [2.05, 4.69) is 5.32 Å². The smallest absolute Gasteiger partial charge is 0.243 e. The Morgan fingerprint density at radius 2 is 1.52 bits per heavy atom. The molecule has 3 aromatic carbocycles. The van der Waals surface area contributed by atoms with E-state index in [0.717, 1.165) is 22.4 Å². The zero-order chi connectivity index (χ0) is 23.6. The van der Waals surface area contributed by atoms with Crippen molar-refractivity contribution in [1.82, 2.24) is 10.2 Å². The number of carbonyl (C=O) groups excluding carboxylic acids is 2. The fourth-order valence-corrected chi connectivity index (χ4v) is 3.70. The summed E-state index contributed by atoms with van der Waals surface area (Å²) in [6.45, 7) is 4.63. The quantitative estimate of drug-likeness (QED) is 0.494. The highest BCUT2D eigenvalue weighted by atomic mass is 16.5. The number of methoxy groups -OCH3 is 1. The first kappa shape index (κ1) is 24.1. The normalized spacial score (nSPS) is 11.5. The Morgan fingerprint density at radius 1 is 0.879 bits per heavy atom. The van der Waals surface area contributed by atoms with E-state index in [1.165, 1.54) is 5.56 Å². The Balaban J connectivity index is 1.84. The molecule has 0 aliphatic heterocycles. The first-order chi connectivity index (χ1) is 16.0. The number of hydrogen-bond donors (Lipinski definition) is 1. The largest absolute Gasteiger partial charge is 0.497 e. The molecule has 0 heterocycles. The maximum Gasteiger partial charge on any atom is 0.243 e. The number of hydrogen-bond acceptors (Lipinski definition) is 3. The number of ether oxygens (including phenoxy) is 1. The lowest BCUT2D eigenvalue weighted by Crippen LogP contribution is -2.50. The topological polar surface area (TPSA) is 58.6 Å². The molecule has 1 atom stereocenters. The standard InChI is InChI=1S/C28H32N2O3/c1-4-27(31)30(20-24-14-16-25(33-3)17-15-24)26(18-22-8-6-5-7-9-22)28(32)29-19-23-12-10-21(2)11-13-23/h5-17,26H,4,18-20H2,1-3H3,(H,29,32)/t26-/m0/s1. The summed E-state index contributed by atoms with van der Waals surface area (Å²) < 4.78 is 5.24. The molecule has 0 radical (unpaired) electrons. The van der Waals surface area contributed by atoms with Crippen molar-refractivity contribution in [3.8, 4) is 5.75 Å². The molecule has 3 rings (SSSR count). The molecule has 2 amide bonds. The summed E-state index contributed by atoms with van der Waals surface area (Å²) in [5.41, 5.74) is 4.15. The Kier molecular flexibility index (Phi) is 8.64. The van der Waals surface area contributed by atoms with E-state index >= 15 is 0 Å². The van der Waals surface area contributed by atoms with Gasteiger partial charge in [-0.15, -0.1) is 0 Å². The molecule has 33 heavy (non-hydrogen) atoms. The first-order valence-corrected chi connectivity index (χ1v) is 11.3. The second kappa shape index (κ2) is 11.9. The van der Waals surface area contributed by atoms with Gasteiger partial charge in [-0.2, -0.15) is 0 Å². The van der Waals surface area contributed by atoms with Crippen LogP contribution in [0.3, 0.4) is 0 Å². The average molecular weight is 445 g/mol. The zero-order valence-corrected chi connectivity index (χ0v) is 19.6. The molecular formula is C28H32N2O3. The van der Waals surface area contributed by atoms with Crippen LogP contribution in [0.4, 0.5) is 0 Å². The number of nitrogens with zero attached hydrogens (tertiary/aromatic N) is 1. The SMILES string of the molecule is CCC(=O)N(Cc1ccc(OC)cc1)[C@@H](Cc1ccccc1)C(=O)NCc1ccc(C)cc1. The Labute approximate surface area is 196 Å². The van der Waals surface area contributed by atoms with Gasteiger partial charge in [0, 0.05) is 25.9 Å². The first-order valence-electron chi connectivity index (χ1n) is 11.3. The van der Waals surface area contributed by atoms with Crippen LogP contribution in [-0.2, 0) is 29.1 Å². The summed E-state index contributed by atoms with van der Waals surface area (Å²) in [7, 11) is 1.62. The predicted octanol–water partition coefficient (Wildman–Crippen LogP) is 4.67. The Hall–Kier alpha value is -3.60. The van der Waals surface area contributed by atoms with Gasteiger partial charge in [-0.1, -0.05) is 79.2 Å². The number of aryl methyl sites for hydroxylation is 1. The second-order valence-corrected chi connectivity index (χ2v) is 8.13. The molecule has 0 spiro atoms. The van der Waals surface area contributed by atoms with Gasteiger partial charge in [-0.25, -0.2) is 0 Å². The molecule has 0 aliphatic carbocycles. The molecule has 172 valence electrons. The third-order valence-corrected chi connectivity index (χ3v) is 5.67. The molecule has 0 unspecified atom stereocenters. The lowest BCUT2D eigenvalue weighted by Gasteiger charge is -2.31. The van der Waals surface area contributed by atoms with Crippen LogP contribution in [-0.4, -0.2) is 29.9 Å². The van der Waals surface area contributed by atoms with Gasteiger partial charge in [0.15, 0.2) is 0 Å². The fraction of sp³-hybridized carbons (Fsp3) is 0.286. The molecule has 0 aromatic heterocycles. The highest BCUT2D eigenvalue weighted by Gasteiger charge is 2.29. The molecule has 0 saturated heterocycles. The summed E-state index contributed by atoms with van der Waals surface area (Å²) in [5, 5.41) is 3.05. The molecule has 5 nitrogen and oxygen atoms in total. The van der Waals surface area contributed by atoms with Gasteiger partial charge in [-0.05, 0) is 35.7 Å². The van der Waals surface area contributed by atoms with Gasteiger partial charge in [0.25, 0.3) is 0 Å². The third-order valence-electron chi connectivity index (χ3n) is 5.67. The van der Waals surface area contributed by atoms with E-state index in [1.54, 1.807) is 12.0 Å². The van der Waals surface area contributed by atoms with Crippen LogP contribution in [0.5, 0.6) is 5.75 Å². The van der Waals surface area contributed by atoms with E-state index in [-0.39, 0.29) is 11.8 Å². The van der Waals surface area contributed by atoms with Crippen LogP contribution in [0.25, 0.3) is 0 Å². The number of amides is 2. The molecule has 0 saturated carbocycles. The van der Waals surface area contributed by atoms with Crippen LogP contribution >= 0.6 is 0 Å². The molecular weight excluding hydrogens is 412 g/mol. The van der Waals surface area contributed by atoms with Crippen molar-refractivity contribution in [3.63, 3.8) is 0 Å². The van der Waals surface area contributed by atoms with Gasteiger partial charge in [0.1, 0.15) is 11.8 Å². The Morgan fingerprint density at radius 3 is 2.12 bits per heavy atom.